The molecule has 0 saturated heterocycles. The zero-order valence-electron chi connectivity index (χ0n) is 14.2. The average molecular weight is 364 g/mol. The molecule has 1 N–H and O–H groups in total. The third-order valence-electron chi connectivity index (χ3n) is 4.94. The lowest BCUT2D eigenvalue weighted by Crippen LogP contribution is -2.30. The maximum absolute atomic E-state index is 11.9. The number of aromatic nitrogens is 3. The fourth-order valence-electron chi connectivity index (χ4n) is 3.67. The second-order valence-electron chi connectivity index (χ2n) is 6.34. The van der Waals surface area contributed by atoms with Gasteiger partial charge in [-0.15, -0.1) is 11.3 Å². The first-order valence-corrected chi connectivity index (χ1v) is 9.27. The molecule has 4 heterocycles. The summed E-state index contributed by atoms with van der Waals surface area (Å²) in [6.07, 6.45) is 2.54. The number of esters is 1. The van der Waals surface area contributed by atoms with Crippen molar-refractivity contribution in [2.24, 2.45) is 0 Å². The van der Waals surface area contributed by atoms with Gasteiger partial charge < -0.3 is 14.6 Å². The Labute approximate surface area is 153 Å². The number of carbonyl (C=O) groups is 1. The highest BCUT2D eigenvalue weighted by molar-refractivity contribution is 7.16. The Hall–Kier alpha value is -2.93. The Morgan fingerprint density at radius 3 is 3.08 bits per heavy atom. The number of fused-ring (bicyclic) bond motifs is 4. The smallest absolute Gasteiger partial charge is 0.337 e. The van der Waals surface area contributed by atoms with E-state index in [9.17, 15) is 4.79 Å². The van der Waals surface area contributed by atoms with Crippen molar-refractivity contribution >= 4 is 44.2 Å². The monoisotopic (exact) mass is 364 g/mol. The van der Waals surface area contributed by atoms with Crippen molar-refractivity contribution in [3.8, 4) is 0 Å². The van der Waals surface area contributed by atoms with Crippen LogP contribution >= 0.6 is 11.3 Å². The first-order valence-electron chi connectivity index (χ1n) is 8.39. The quantitative estimate of drug-likeness (QED) is 0.551. The van der Waals surface area contributed by atoms with E-state index in [2.05, 4.69) is 25.9 Å². The number of benzene rings is 1. The molecule has 0 atom stereocenters. The number of anilines is 1. The number of aromatic amines is 1. The molecule has 0 bridgehead atoms. The standard InChI is InChI=1S/C19H16N4O2S/c1-25-19(24)11-2-3-15-13(8-11)14-9-23(6-4-16(14)22-15)17-12-5-7-26-18(12)21-10-20-17/h2-3,5,7-8,10,22H,4,6,9H2,1H3. The summed E-state index contributed by atoms with van der Waals surface area (Å²) in [7, 11) is 1.40. The van der Waals surface area contributed by atoms with E-state index in [1.54, 1.807) is 23.7 Å². The molecule has 0 unspecified atom stereocenters. The summed E-state index contributed by atoms with van der Waals surface area (Å²) in [5.41, 5.74) is 4.07. The second-order valence-corrected chi connectivity index (χ2v) is 7.24. The van der Waals surface area contributed by atoms with Crippen LogP contribution < -0.4 is 4.90 Å². The molecule has 130 valence electrons. The van der Waals surface area contributed by atoms with Crippen molar-refractivity contribution in [3.63, 3.8) is 0 Å². The lowest BCUT2D eigenvalue weighted by molar-refractivity contribution is 0.0601. The minimum Gasteiger partial charge on any atom is -0.465 e. The molecule has 1 aliphatic rings. The van der Waals surface area contributed by atoms with Gasteiger partial charge in [0.25, 0.3) is 0 Å². The Morgan fingerprint density at radius 2 is 2.19 bits per heavy atom. The van der Waals surface area contributed by atoms with E-state index >= 15 is 0 Å². The zero-order valence-corrected chi connectivity index (χ0v) is 15.0. The number of H-pyrrole nitrogens is 1. The topological polar surface area (TPSA) is 71.1 Å². The van der Waals surface area contributed by atoms with Crippen molar-refractivity contribution in [1.82, 2.24) is 15.0 Å². The van der Waals surface area contributed by atoms with E-state index in [0.717, 1.165) is 46.4 Å². The van der Waals surface area contributed by atoms with Crippen molar-refractivity contribution in [2.45, 2.75) is 13.0 Å². The molecule has 0 spiro atoms. The van der Waals surface area contributed by atoms with Gasteiger partial charge in [-0.25, -0.2) is 14.8 Å². The minimum absolute atomic E-state index is 0.315. The summed E-state index contributed by atoms with van der Waals surface area (Å²) in [5, 5.41) is 4.21. The minimum atomic E-state index is -0.315. The summed E-state index contributed by atoms with van der Waals surface area (Å²) < 4.78 is 4.86. The van der Waals surface area contributed by atoms with Gasteiger partial charge >= 0.3 is 5.97 Å². The van der Waals surface area contributed by atoms with Crippen LogP contribution in [0, 0.1) is 0 Å². The van der Waals surface area contributed by atoms with E-state index in [1.807, 2.05) is 17.5 Å². The number of rotatable bonds is 2. The Bertz CT molecular complexity index is 1150. The first kappa shape index (κ1) is 15.3. The number of methoxy groups -OCH3 is 1. The Morgan fingerprint density at radius 1 is 1.27 bits per heavy atom. The van der Waals surface area contributed by atoms with Gasteiger partial charge in [0.2, 0.25) is 0 Å². The van der Waals surface area contributed by atoms with Gasteiger partial charge in [0.15, 0.2) is 0 Å². The molecule has 6 nitrogen and oxygen atoms in total. The highest BCUT2D eigenvalue weighted by Crippen LogP contribution is 2.33. The lowest BCUT2D eigenvalue weighted by Gasteiger charge is -2.28. The van der Waals surface area contributed by atoms with E-state index < -0.39 is 0 Å². The maximum Gasteiger partial charge on any atom is 0.337 e. The van der Waals surface area contributed by atoms with Crippen LogP contribution in [0.2, 0.25) is 0 Å². The Kier molecular flexibility index (Phi) is 3.43. The largest absolute Gasteiger partial charge is 0.465 e. The second kappa shape index (κ2) is 5.81. The van der Waals surface area contributed by atoms with Crippen LogP contribution in [0.4, 0.5) is 5.82 Å². The van der Waals surface area contributed by atoms with Crippen molar-refractivity contribution in [2.75, 3.05) is 18.6 Å². The molecule has 3 aromatic heterocycles. The van der Waals surface area contributed by atoms with Gasteiger partial charge in [0, 0.05) is 41.7 Å². The van der Waals surface area contributed by atoms with Gasteiger partial charge in [0.1, 0.15) is 17.0 Å². The van der Waals surface area contributed by atoms with Crippen LogP contribution in [0.5, 0.6) is 0 Å². The summed E-state index contributed by atoms with van der Waals surface area (Å²) in [4.78, 5) is 27.6. The first-order chi connectivity index (χ1) is 12.7. The molecule has 0 fully saturated rings. The molecule has 7 heteroatoms. The molecule has 1 aromatic carbocycles. The highest BCUT2D eigenvalue weighted by atomic mass is 32.1. The third-order valence-corrected chi connectivity index (χ3v) is 5.76. The normalized spacial score (nSPS) is 14.0. The van der Waals surface area contributed by atoms with Gasteiger partial charge in [-0.1, -0.05) is 0 Å². The van der Waals surface area contributed by atoms with Gasteiger partial charge in [-0.3, -0.25) is 0 Å². The molecular weight excluding hydrogens is 348 g/mol. The van der Waals surface area contributed by atoms with Crippen LogP contribution in [0.15, 0.2) is 36.0 Å². The fraction of sp³-hybridized carbons (Fsp3) is 0.211. The van der Waals surface area contributed by atoms with Crippen LogP contribution in [0.3, 0.4) is 0 Å². The summed E-state index contributed by atoms with van der Waals surface area (Å²) >= 11 is 1.63. The van der Waals surface area contributed by atoms with E-state index in [-0.39, 0.29) is 5.97 Å². The molecular formula is C19H16N4O2S. The number of carbonyl (C=O) groups excluding carboxylic acids is 1. The number of ether oxygens (including phenoxy) is 1. The summed E-state index contributed by atoms with van der Waals surface area (Å²) in [5.74, 6) is 0.658. The number of nitrogens with zero attached hydrogens (tertiary/aromatic N) is 3. The number of thiophene rings is 1. The number of hydrogen-bond acceptors (Lipinski definition) is 6. The number of hydrogen-bond donors (Lipinski definition) is 1. The molecule has 4 aromatic rings. The van der Waals surface area contributed by atoms with E-state index in [1.165, 1.54) is 18.4 Å². The molecule has 0 aliphatic carbocycles. The van der Waals surface area contributed by atoms with Crippen molar-refractivity contribution in [1.29, 1.82) is 0 Å². The van der Waals surface area contributed by atoms with Crippen LogP contribution in [-0.4, -0.2) is 34.6 Å². The van der Waals surface area contributed by atoms with Crippen LogP contribution in [0.25, 0.3) is 21.1 Å². The van der Waals surface area contributed by atoms with Crippen molar-refractivity contribution < 1.29 is 9.53 Å². The Balaban J connectivity index is 1.59. The van der Waals surface area contributed by atoms with E-state index in [4.69, 9.17) is 4.74 Å². The summed E-state index contributed by atoms with van der Waals surface area (Å²) in [6.45, 7) is 1.65. The van der Waals surface area contributed by atoms with Gasteiger partial charge in [0.05, 0.1) is 18.1 Å². The van der Waals surface area contributed by atoms with Crippen LogP contribution in [0.1, 0.15) is 21.6 Å². The highest BCUT2D eigenvalue weighted by Gasteiger charge is 2.23. The van der Waals surface area contributed by atoms with Gasteiger partial charge in [-0.2, -0.15) is 0 Å². The molecule has 1 aliphatic heterocycles. The molecule has 0 amide bonds. The van der Waals surface area contributed by atoms with E-state index in [0.29, 0.717) is 5.56 Å². The van der Waals surface area contributed by atoms with Gasteiger partial charge in [-0.05, 0) is 29.6 Å². The summed E-state index contributed by atoms with van der Waals surface area (Å²) in [6, 6.07) is 7.74. The molecule has 0 saturated carbocycles. The fourth-order valence-corrected chi connectivity index (χ4v) is 4.40. The SMILES string of the molecule is COC(=O)c1ccc2[nH]c3c(c2c1)CN(c1ncnc2sccc12)CC3. The molecule has 26 heavy (non-hydrogen) atoms. The maximum atomic E-state index is 11.9. The lowest BCUT2D eigenvalue weighted by atomic mass is 10.0. The van der Waals surface area contributed by atoms with Crippen LogP contribution in [-0.2, 0) is 17.7 Å². The average Bonchev–Trinajstić information content (AvgIpc) is 3.30. The third kappa shape index (κ3) is 2.28. The number of nitrogens with one attached hydrogen (secondary N) is 1. The zero-order chi connectivity index (χ0) is 17.7. The predicted octanol–water partition coefficient (Wildman–Crippen LogP) is 3.52. The molecule has 0 radical (unpaired) electrons. The predicted molar refractivity (Wildman–Crippen MR) is 102 cm³/mol. The molecule has 5 rings (SSSR count). The van der Waals surface area contributed by atoms with Crippen molar-refractivity contribution in [3.05, 3.63) is 52.8 Å².